The number of aliphatic hydroxyl groups is 5. The van der Waals surface area contributed by atoms with Crippen molar-refractivity contribution in [3.05, 3.63) is 48.6 Å². The third-order valence-corrected chi connectivity index (χ3v) is 9.95. The Balaban J connectivity index is 2.41. The lowest BCUT2D eigenvalue weighted by Gasteiger charge is -2.40. The molecule has 0 aromatic heterocycles. The Morgan fingerprint density at radius 1 is 0.660 bits per heavy atom. The van der Waals surface area contributed by atoms with Crippen molar-refractivity contribution in [3.63, 3.8) is 0 Å². The van der Waals surface area contributed by atoms with Crippen molar-refractivity contribution in [2.24, 2.45) is 0 Å². The smallest absolute Gasteiger partial charge is 0.220 e. The topological polar surface area (TPSA) is 149 Å². The van der Waals surface area contributed by atoms with E-state index in [4.69, 9.17) is 9.47 Å². The van der Waals surface area contributed by atoms with E-state index in [0.717, 1.165) is 57.8 Å². The first-order chi connectivity index (χ1) is 25.8. The first-order valence-electron chi connectivity index (χ1n) is 21.3. The summed E-state index contributed by atoms with van der Waals surface area (Å²) < 4.78 is 11.2. The van der Waals surface area contributed by atoms with Crippen molar-refractivity contribution in [2.75, 3.05) is 13.2 Å². The highest BCUT2D eigenvalue weighted by molar-refractivity contribution is 5.76. The summed E-state index contributed by atoms with van der Waals surface area (Å²) in [6.45, 7) is 3.67. The fourth-order valence-electron chi connectivity index (χ4n) is 6.50. The van der Waals surface area contributed by atoms with Gasteiger partial charge in [0.1, 0.15) is 24.4 Å². The van der Waals surface area contributed by atoms with Gasteiger partial charge in [0.15, 0.2) is 6.29 Å². The highest BCUT2D eigenvalue weighted by atomic mass is 16.7. The number of aliphatic hydroxyl groups excluding tert-OH is 5. The Kier molecular flexibility index (Phi) is 32.1. The van der Waals surface area contributed by atoms with Gasteiger partial charge < -0.3 is 40.3 Å². The first kappa shape index (κ1) is 49.2. The quantitative estimate of drug-likeness (QED) is 0.0285. The minimum Gasteiger partial charge on any atom is -0.394 e. The predicted molar refractivity (Wildman–Crippen MR) is 216 cm³/mol. The summed E-state index contributed by atoms with van der Waals surface area (Å²) in [5, 5.41) is 54.2. The molecule has 9 nitrogen and oxygen atoms in total. The molecule has 1 aliphatic heterocycles. The van der Waals surface area contributed by atoms with E-state index < -0.39 is 49.5 Å². The van der Waals surface area contributed by atoms with Crippen LogP contribution in [0.25, 0.3) is 0 Å². The molecule has 0 aromatic rings. The summed E-state index contributed by atoms with van der Waals surface area (Å²) in [6, 6.07) is -0.740. The lowest BCUT2D eigenvalue weighted by molar-refractivity contribution is -0.302. The van der Waals surface area contributed by atoms with Gasteiger partial charge in [-0.2, -0.15) is 0 Å². The zero-order valence-electron chi connectivity index (χ0n) is 33.5. The molecule has 0 bridgehead atoms. The van der Waals surface area contributed by atoms with Crippen molar-refractivity contribution in [2.45, 2.75) is 211 Å². The number of amides is 1. The number of hydrogen-bond donors (Lipinski definition) is 6. The molecule has 1 aliphatic rings. The van der Waals surface area contributed by atoms with Crippen LogP contribution in [0, 0.1) is 0 Å². The minimum atomic E-state index is -1.56. The Labute approximate surface area is 323 Å². The number of ether oxygens (including phenoxy) is 2. The van der Waals surface area contributed by atoms with Gasteiger partial charge in [-0.15, -0.1) is 0 Å². The molecule has 0 spiro atoms. The predicted octanol–water partition coefficient (Wildman–Crippen LogP) is 8.28. The molecule has 1 amide bonds. The fourth-order valence-corrected chi connectivity index (χ4v) is 6.50. The molecule has 1 saturated heterocycles. The molecule has 6 N–H and O–H groups in total. The van der Waals surface area contributed by atoms with Gasteiger partial charge in [-0.05, 0) is 51.4 Å². The zero-order valence-corrected chi connectivity index (χ0v) is 33.5. The van der Waals surface area contributed by atoms with Crippen molar-refractivity contribution < 1.29 is 39.8 Å². The average Bonchev–Trinajstić information content (AvgIpc) is 3.16. The summed E-state index contributed by atoms with van der Waals surface area (Å²) in [6.07, 6.45) is 35.4. The van der Waals surface area contributed by atoms with Gasteiger partial charge in [0, 0.05) is 6.42 Å². The SMILES string of the molecule is CC/C=C\C/C=C\C/C=C\C/C=C\CCCCC(=O)NC(COC1OC(CO)C(O)C(O)C1O)C(O)CCCCCCCCCCCCCCCCC. The summed E-state index contributed by atoms with van der Waals surface area (Å²) >= 11 is 0. The largest absolute Gasteiger partial charge is 0.394 e. The minimum absolute atomic E-state index is 0.156. The van der Waals surface area contributed by atoms with E-state index >= 15 is 0 Å². The number of carbonyl (C=O) groups excluding carboxylic acids is 1. The lowest BCUT2D eigenvalue weighted by Crippen LogP contribution is -2.60. The maximum absolute atomic E-state index is 12.9. The summed E-state index contributed by atoms with van der Waals surface area (Å²) in [5.41, 5.74) is 0. The van der Waals surface area contributed by atoms with Crippen LogP contribution in [-0.2, 0) is 14.3 Å². The Morgan fingerprint density at radius 3 is 1.70 bits per heavy atom. The van der Waals surface area contributed by atoms with Crippen LogP contribution in [-0.4, -0.2) is 87.5 Å². The number of hydrogen-bond acceptors (Lipinski definition) is 8. The highest BCUT2D eigenvalue weighted by Crippen LogP contribution is 2.23. The highest BCUT2D eigenvalue weighted by Gasteiger charge is 2.44. The number of allylic oxidation sites excluding steroid dienone is 8. The molecule has 1 heterocycles. The molecule has 7 unspecified atom stereocenters. The van der Waals surface area contributed by atoms with E-state index in [0.29, 0.717) is 19.3 Å². The van der Waals surface area contributed by atoms with Gasteiger partial charge in [0.05, 0.1) is 25.4 Å². The molecule has 0 radical (unpaired) electrons. The molecule has 0 saturated carbocycles. The molecule has 1 rings (SSSR count). The van der Waals surface area contributed by atoms with Gasteiger partial charge in [-0.3, -0.25) is 4.79 Å². The third-order valence-electron chi connectivity index (χ3n) is 9.95. The van der Waals surface area contributed by atoms with E-state index in [1.54, 1.807) is 0 Å². The Bertz CT molecular complexity index is 967. The van der Waals surface area contributed by atoms with Crippen LogP contribution in [0.3, 0.4) is 0 Å². The van der Waals surface area contributed by atoms with Crippen LogP contribution in [0.1, 0.15) is 168 Å². The van der Waals surface area contributed by atoms with Crippen LogP contribution < -0.4 is 5.32 Å². The number of carbonyl (C=O) groups is 1. The molecule has 9 heteroatoms. The second kappa shape index (κ2) is 34.6. The summed E-state index contributed by atoms with van der Waals surface area (Å²) in [4.78, 5) is 12.9. The van der Waals surface area contributed by atoms with E-state index in [2.05, 4.69) is 67.8 Å². The van der Waals surface area contributed by atoms with Gasteiger partial charge in [-0.1, -0.05) is 159 Å². The second-order valence-corrected chi connectivity index (χ2v) is 14.8. The van der Waals surface area contributed by atoms with Gasteiger partial charge in [-0.25, -0.2) is 0 Å². The lowest BCUT2D eigenvalue weighted by atomic mass is 9.99. The monoisotopic (exact) mass is 750 g/mol. The molecule has 53 heavy (non-hydrogen) atoms. The molecular weight excluding hydrogens is 670 g/mol. The Hall–Kier alpha value is -1.85. The summed E-state index contributed by atoms with van der Waals surface area (Å²) in [5.74, 6) is -0.187. The van der Waals surface area contributed by atoms with E-state index in [1.165, 1.54) is 77.0 Å². The number of unbranched alkanes of at least 4 members (excludes halogenated alkanes) is 16. The molecule has 1 fully saturated rings. The van der Waals surface area contributed by atoms with Crippen molar-refractivity contribution in [1.29, 1.82) is 0 Å². The van der Waals surface area contributed by atoms with Crippen LogP contribution in [0.15, 0.2) is 48.6 Å². The first-order valence-corrected chi connectivity index (χ1v) is 21.3. The van der Waals surface area contributed by atoms with E-state index in [1.807, 2.05) is 0 Å². The van der Waals surface area contributed by atoms with Crippen molar-refractivity contribution in [3.8, 4) is 0 Å². The third kappa shape index (κ3) is 25.8. The normalized spacial score (nSPS) is 22.1. The molecule has 0 aromatic carbocycles. The molecule has 7 atom stereocenters. The van der Waals surface area contributed by atoms with Crippen LogP contribution >= 0.6 is 0 Å². The van der Waals surface area contributed by atoms with E-state index in [-0.39, 0.29) is 12.5 Å². The molecule has 308 valence electrons. The van der Waals surface area contributed by atoms with Crippen molar-refractivity contribution in [1.82, 2.24) is 5.32 Å². The zero-order chi connectivity index (χ0) is 38.8. The summed E-state index contributed by atoms with van der Waals surface area (Å²) in [7, 11) is 0. The van der Waals surface area contributed by atoms with Crippen LogP contribution in [0.2, 0.25) is 0 Å². The maximum atomic E-state index is 12.9. The van der Waals surface area contributed by atoms with Gasteiger partial charge in [0.25, 0.3) is 0 Å². The molecular formula is C44H79NO8. The van der Waals surface area contributed by atoms with Crippen molar-refractivity contribution >= 4 is 5.91 Å². The number of nitrogens with one attached hydrogen (secondary N) is 1. The second-order valence-electron chi connectivity index (χ2n) is 14.8. The van der Waals surface area contributed by atoms with Gasteiger partial charge in [0.2, 0.25) is 5.91 Å². The number of rotatable bonds is 34. The van der Waals surface area contributed by atoms with Crippen LogP contribution in [0.4, 0.5) is 0 Å². The molecule has 0 aliphatic carbocycles. The maximum Gasteiger partial charge on any atom is 0.220 e. The standard InChI is InChI=1S/C44H79NO8/c1-3-5-7-9-11-13-15-17-19-21-23-25-27-29-31-33-38(47)37(36-52-44-43(51)42(50)41(49)39(35-46)53-44)45-40(48)34-32-30-28-26-24-22-20-18-16-14-12-10-8-6-4-2/h6,8,12,14,18,20,24,26,37-39,41-44,46-47,49-51H,3-5,7,9-11,13,15-17,19,21-23,25,27-36H2,1-2H3,(H,45,48)/b8-6-,14-12-,20-18-,26-24-. The van der Waals surface area contributed by atoms with E-state index in [9.17, 15) is 30.3 Å². The average molecular weight is 750 g/mol. The van der Waals surface area contributed by atoms with Crippen LogP contribution in [0.5, 0.6) is 0 Å². The van der Waals surface area contributed by atoms with Gasteiger partial charge >= 0.3 is 0 Å². The Morgan fingerprint density at radius 2 is 1.17 bits per heavy atom. The fraction of sp³-hybridized carbons (Fsp3) is 0.795.